The second-order valence-electron chi connectivity index (χ2n) is 3.55. The van der Waals surface area contributed by atoms with Crippen LogP contribution in [0.4, 0.5) is 0 Å². The lowest BCUT2D eigenvalue weighted by molar-refractivity contribution is -0.141. The highest BCUT2D eigenvalue weighted by Crippen LogP contribution is 2.04. The van der Waals surface area contributed by atoms with E-state index >= 15 is 0 Å². The minimum Gasteiger partial charge on any atom is -0.481 e. The molecule has 1 atom stereocenters. The number of aliphatic carboxylic acids is 1. The number of hydrogen-bond acceptors (Lipinski definition) is 3. The van der Waals surface area contributed by atoms with Crippen LogP contribution in [0.5, 0.6) is 0 Å². The summed E-state index contributed by atoms with van der Waals surface area (Å²) in [4.78, 5) is 12.5. The summed E-state index contributed by atoms with van der Waals surface area (Å²) in [5.74, 6) is -1.17. The molecule has 0 aromatic heterocycles. The fraction of sp³-hybridized carbons (Fsp3) is 0.889. The smallest absolute Gasteiger partial charge is 0.307 e. The van der Waals surface area contributed by atoms with Gasteiger partial charge < -0.3 is 10.2 Å². The van der Waals surface area contributed by atoms with Crippen molar-refractivity contribution in [2.24, 2.45) is 5.92 Å². The van der Waals surface area contributed by atoms with Gasteiger partial charge >= 0.3 is 5.97 Å². The Kier molecular flexibility index (Phi) is 5.66. The van der Waals surface area contributed by atoms with Crippen LogP contribution in [0.25, 0.3) is 0 Å². The third-order valence-electron chi connectivity index (χ3n) is 2.05. The quantitative estimate of drug-likeness (QED) is 0.635. The first-order valence-corrected chi connectivity index (χ1v) is 4.56. The number of rotatable bonds is 6. The maximum absolute atomic E-state index is 10.6. The molecule has 0 amide bonds. The van der Waals surface area contributed by atoms with Gasteiger partial charge in [0.25, 0.3) is 0 Å². The molecular formula is C9H19NO3. The molecule has 0 aliphatic heterocycles. The highest BCUT2D eigenvalue weighted by Gasteiger charge is 2.17. The van der Waals surface area contributed by atoms with Gasteiger partial charge in [-0.05, 0) is 13.8 Å². The van der Waals surface area contributed by atoms with E-state index in [9.17, 15) is 4.79 Å². The first kappa shape index (κ1) is 12.4. The van der Waals surface area contributed by atoms with E-state index in [0.29, 0.717) is 13.1 Å². The van der Waals surface area contributed by atoms with Crippen LogP contribution in [-0.2, 0) is 4.79 Å². The molecule has 0 saturated heterocycles. The van der Waals surface area contributed by atoms with Crippen molar-refractivity contribution < 1.29 is 15.0 Å². The van der Waals surface area contributed by atoms with Crippen LogP contribution in [0, 0.1) is 5.92 Å². The van der Waals surface area contributed by atoms with Crippen molar-refractivity contribution in [2.75, 3.05) is 19.7 Å². The number of carboxylic acids is 1. The van der Waals surface area contributed by atoms with Gasteiger partial charge in [0.15, 0.2) is 0 Å². The van der Waals surface area contributed by atoms with E-state index in [-0.39, 0.29) is 18.6 Å². The van der Waals surface area contributed by atoms with Gasteiger partial charge in [-0.25, -0.2) is 0 Å². The van der Waals surface area contributed by atoms with Crippen molar-refractivity contribution in [1.82, 2.24) is 4.90 Å². The Labute approximate surface area is 79.2 Å². The summed E-state index contributed by atoms with van der Waals surface area (Å²) in [5, 5.41) is 17.4. The maximum Gasteiger partial charge on any atom is 0.307 e. The van der Waals surface area contributed by atoms with Crippen molar-refractivity contribution in [3.63, 3.8) is 0 Å². The molecule has 1 unspecified atom stereocenters. The zero-order valence-electron chi connectivity index (χ0n) is 8.53. The average Bonchev–Trinajstić information content (AvgIpc) is 2.03. The number of hydrogen-bond donors (Lipinski definition) is 2. The van der Waals surface area contributed by atoms with Crippen molar-refractivity contribution >= 4 is 5.97 Å². The summed E-state index contributed by atoms with van der Waals surface area (Å²) in [6, 6.07) is 0.272. The van der Waals surface area contributed by atoms with Crippen LogP contribution in [0.15, 0.2) is 0 Å². The SMILES string of the molecule is CC(CN(CCO)C(C)C)C(=O)O. The van der Waals surface area contributed by atoms with Crippen LogP contribution < -0.4 is 0 Å². The van der Waals surface area contributed by atoms with Crippen molar-refractivity contribution in [2.45, 2.75) is 26.8 Å². The predicted octanol–water partition coefficient (Wildman–Crippen LogP) is 0.410. The lowest BCUT2D eigenvalue weighted by atomic mass is 10.1. The molecule has 0 rings (SSSR count). The molecule has 0 spiro atoms. The summed E-state index contributed by atoms with van der Waals surface area (Å²) in [6.07, 6.45) is 0. The van der Waals surface area contributed by atoms with Gasteiger partial charge in [0, 0.05) is 19.1 Å². The van der Waals surface area contributed by atoms with E-state index in [1.807, 2.05) is 18.7 Å². The predicted molar refractivity (Wildman–Crippen MR) is 50.6 cm³/mol. The van der Waals surface area contributed by atoms with Crippen LogP contribution in [-0.4, -0.2) is 46.8 Å². The summed E-state index contributed by atoms with van der Waals surface area (Å²) >= 11 is 0. The Morgan fingerprint density at radius 3 is 2.23 bits per heavy atom. The van der Waals surface area contributed by atoms with E-state index < -0.39 is 5.97 Å². The summed E-state index contributed by atoms with van der Waals surface area (Å²) in [5.41, 5.74) is 0. The van der Waals surface area contributed by atoms with Gasteiger partial charge in [-0.1, -0.05) is 6.92 Å². The Bertz CT molecular complexity index is 159. The maximum atomic E-state index is 10.6. The zero-order chi connectivity index (χ0) is 10.4. The normalized spacial score (nSPS) is 13.7. The topological polar surface area (TPSA) is 60.8 Å². The molecule has 78 valence electrons. The third-order valence-corrected chi connectivity index (χ3v) is 2.05. The molecule has 0 radical (unpaired) electrons. The van der Waals surface area contributed by atoms with Crippen molar-refractivity contribution in [1.29, 1.82) is 0 Å². The van der Waals surface area contributed by atoms with Gasteiger partial charge in [-0.2, -0.15) is 0 Å². The van der Waals surface area contributed by atoms with Crippen molar-refractivity contribution in [3.8, 4) is 0 Å². The molecule has 0 saturated carbocycles. The Hall–Kier alpha value is -0.610. The minimum absolute atomic E-state index is 0.0739. The fourth-order valence-electron chi connectivity index (χ4n) is 1.12. The molecule has 0 fully saturated rings. The van der Waals surface area contributed by atoms with Gasteiger partial charge in [0.2, 0.25) is 0 Å². The third kappa shape index (κ3) is 4.85. The molecule has 0 aliphatic rings. The molecule has 0 aromatic rings. The average molecular weight is 189 g/mol. The molecule has 0 aliphatic carbocycles. The Balaban J connectivity index is 4.01. The molecule has 4 heteroatoms. The first-order chi connectivity index (χ1) is 5.99. The molecule has 0 aromatic carbocycles. The molecule has 4 nitrogen and oxygen atoms in total. The fourth-order valence-corrected chi connectivity index (χ4v) is 1.12. The highest BCUT2D eigenvalue weighted by molar-refractivity contribution is 5.69. The second-order valence-corrected chi connectivity index (χ2v) is 3.55. The summed E-state index contributed by atoms with van der Waals surface area (Å²) in [7, 11) is 0. The minimum atomic E-state index is -0.788. The Morgan fingerprint density at radius 2 is 1.92 bits per heavy atom. The van der Waals surface area contributed by atoms with Crippen LogP contribution in [0.3, 0.4) is 0 Å². The van der Waals surface area contributed by atoms with E-state index in [0.717, 1.165) is 0 Å². The van der Waals surface area contributed by atoms with Crippen LogP contribution in [0.1, 0.15) is 20.8 Å². The second kappa shape index (κ2) is 5.94. The van der Waals surface area contributed by atoms with Crippen LogP contribution >= 0.6 is 0 Å². The van der Waals surface area contributed by atoms with E-state index in [1.54, 1.807) is 6.92 Å². The Morgan fingerprint density at radius 1 is 1.38 bits per heavy atom. The van der Waals surface area contributed by atoms with E-state index in [2.05, 4.69) is 0 Å². The molecular weight excluding hydrogens is 170 g/mol. The first-order valence-electron chi connectivity index (χ1n) is 4.56. The number of carbonyl (C=O) groups is 1. The van der Waals surface area contributed by atoms with Crippen molar-refractivity contribution in [3.05, 3.63) is 0 Å². The summed E-state index contributed by atoms with van der Waals surface area (Å²) < 4.78 is 0. The van der Waals surface area contributed by atoms with E-state index in [1.165, 1.54) is 0 Å². The van der Waals surface area contributed by atoms with E-state index in [4.69, 9.17) is 10.2 Å². The number of carboxylic acid groups (broad SMARTS) is 1. The monoisotopic (exact) mass is 189 g/mol. The lowest BCUT2D eigenvalue weighted by Gasteiger charge is -2.27. The van der Waals surface area contributed by atoms with Crippen LogP contribution in [0.2, 0.25) is 0 Å². The largest absolute Gasteiger partial charge is 0.481 e. The molecule has 0 heterocycles. The van der Waals surface area contributed by atoms with Gasteiger partial charge in [0.05, 0.1) is 12.5 Å². The molecule has 13 heavy (non-hydrogen) atoms. The number of nitrogens with zero attached hydrogens (tertiary/aromatic N) is 1. The molecule has 0 bridgehead atoms. The number of aliphatic hydroxyl groups is 1. The zero-order valence-corrected chi connectivity index (χ0v) is 8.53. The number of aliphatic hydroxyl groups excluding tert-OH is 1. The summed E-state index contributed by atoms with van der Waals surface area (Å²) in [6.45, 7) is 6.76. The standard InChI is InChI=1S/C9H19NO3/c1-7(2)10(4-5-11)6-8(3)9(12)13/h7-8,11H,4-6H2,1-3H3,(H,12,13). The lowest BCUT2D eigenvalue weighted by Crippen LogP contribution is -2.38. The molecule has 2 N–H and O–H groups in total. The van der Waals surface area contributed by atoms with Gasteiger partial charge in [-0.3, -0.25) is 9.69 Å². The van der Waals surface area contributed by atoms with Gasteiger partial charge in [-0.15, -0.1) is 0 Å². The highest BCUT2D eigenvalue weighted by atomic mass is 16.4. The van der Waals surface area contributed by atoms with Gasteiger partial charge in [0.1, 0.15) is 0 Å².